The van der Waals surface area contributed by atoms with Crippen molar-refractivity contribution in [2.75, 3.05) is 38.6 Å². The number of benzene rings is 3. The first-order chi connectivity index (χ1) is 19.9. The fourth-order valence-electron chi connectivity index (χ4n) is 4.62. The van der Waals surface area contributed by atoms with E-state index in [1.807, 2.05) is 6.92 Å². The predicted octanol–water partition coefficient (Wildman–Crippen LogP) is 3.04. The lowest BCUT2D eigenvalue weighted by Gasteiger charge is -2.38. The maximum atomic E-state index is 13.7. The van der Waals surface area contributed by atoms with Crippen LogP contribution in [0.2, 0.25) is 0 Å². The molecule has 226 valence electrons. The van der Waals surface area contributed by atoms with Crippen molar-refractivity contribution in [1.82, 2.24) is 9.21 Å². The SMILES string of the molecule is COc1ccc(S(=O)(=O)Nc2cccc3c2O[C@H](CN(C)S(=O)(=O)c2ccccc2)[C@H](C)CN([C@H](C)CO)C3=O)cc1. The van der Waals surface area contributed by atoms with Crippen molar-refractivity contribution < 1.29 is 36.2 Å². The van der Waals surface area contributed by atoms with Gasteiger partial charge >= 0.3 is 0 Å². The topological polar surface area (TPSA) is 143 Å². The molecule has 0 saturated heterocycles. The maximum Gasteiger partial charge on any atom is 0.262 e. The summed E-state index contributed by atoms with van der Waals surface area (Å²) in [5, 5.41) is 9.90. The molecule has 0 aromatic heterocycles. The van der Waals surface area contributed by atoms with Gasteiger partial charge in [0.15, 0.2) is 5.75 Å². The monoisotopic (exact) mass is 617 g/mol. The number of hydrogen-bond acceptors (Lipinski definition) is 8. The number of likely N-dealkylation sites (N-methyl/N-ethyl adjacent to an activating group) is 1. The molecule has 1 aliphatic rings. The lowest BCUT2D eigenvalue weighted by atomic mass is 9.99. The van der Waals surface area contributed by atoms with Gasteiger partial charge in [-0.15, -0.1) is 0 Å². The van der Waals surface area contributed by atoms with E-state index in [0.29, 0.717) is 5.75 Å². The Morgan fingerprint density at radius 2 is 1.69 bits per heavy atom. The van der Waals surface area contributed by atoms with Gasteiger partial charge in [-0.25, -0.2) is 16.8 Å². The predicted molar refractivity (Wildman–Crippen MR) is 158 cm³/mol. The molecular weight excluding hydrogens is 582 g/mol. The summed E-state index contributed by atoms with van der Waals surface area (Å²) in [4.78, 5) is 15.3. The van der Waals surface area contributed by atoms with E-state index in [0.717, 1.165) is 0 Å². The first-order valence-corrected chi connectivity index (χ1v) is 16.2. The van der Waals surface area contributed by atoms with E-state index in [1.165, 1.54) is 78.0 Å². The van der Waals surface area contributed by atoms with Crippen LogP contribution >= 0.6 is 0 Å². The molecule has 0 bridgehead atoms. The molecule has 2 N–H and O–H groups in total. The second kappa shape index (κ2) is 12.7. The van der Waals surface area contributed by atoms with Crippen LogP contribution in [0.15, 0.2) is 82.6 Å². The number of carbonyl (C=O) groups excluding carboxylic acids is 1. The van der Waals surface area contributed by atoms with Crippen LogP contribution in [0.1, 0.15) is 24.2 Å². The van der Waals surface area contributed by atoms with Gasteiger partial charge in [0, 0.05) is 19.5 Å². The lowest BCUT2D eigenvalue weighted by molar-refractivity contribution is 0.0389. The van der Waals surface area contributed by atoms with Crippen LogP contribution in [-0.2, 0) is 20.0 Å². The Morgan fingerprint density at radius 3 is 2.31 bits per heavy atom. The van der Waals surface area contributed by atoms with Gasteiger partial charge in [0.1, 0.15) is 11.9 Å². The third kappa shape index (κ3) is 6.54. The van der Waals surface area contributed by atoms with Gasteiger partial charge in [-0.05, 0) is 55.5 Å². The zero-order valence-corrected chi connectivity index (χ0v) is 25.4. The van der Waals surface area contributed by atoms with Crippen LogP contribution in [0.3, 0.4) is 0 Å². The smallest absolute Gasteiger partial charge is 0.262 e. The number of ether oxygens (including phenoxy) is 2. The molecule has 0 saturated carbocycles. The highest BCUT2D eigenvalue weighted by molar-refractivity contribution is 7.92. The van der Waals surface area contributed by atoms with Gasteiger partial charge in [0.25, 0.3) is 15.9 Å². The van der Waals surface area contributed by atoms with E-state index in [4.69, 9.17) is 9.47 Å². The molecule has 0 aliphatic carbocycles. The van der Waals surface area contributed by atoms with Gasteiger partial charge in [0.2, 0.25) is 10.0 Å². The van der Waals surface area contributed by atoms with E-state index in [9.17, 15) is 26.7 Å². The molecule has 3 aromatic carbocycles. The largest absolute Gasteiger partial charge is 0.497 e. The number of anilines is 1. The Bertz CT molecular complexity index is 1610. The average Bonchev–Trinajstić information content (AvgIpc) is 2.99. The number of nitrogens with one attached hydrogen (secondary N) is 1. The Kier molecular flexibility index (Phi) is 9.46. The van der Waals surface area contributed by atoms with Crippen molar-refractivity contribution in [3.8, 4) is 11.5 Å². The molecule has 0 radical (unpaired) electrons. The molecular formula is C29H35N3O8S2. The van der Waals surface area contributed by atoms with E-state index < -0.39 is 44.0 Å². The molecule has 3 aromatic rings. The summed E-state index contributed by atoms with van der Waals surface area (Å²) in [7, 11) is -5.08. The average molecular weight is 618 g/mol. The third-order valence-corrected chi connectivity index (χ3v) is 10.4. The standard InChI is InChI=1S/C29H35N3O8S2/c1-20-17-32(21(2)19-33)29(34)25-11-8-12-26(30-41(35,36)23-15-13-22(39-4)14-16-23)28(25)40-27(20)18-31(3)42(37,38)24-9-6-5-7-10-24/h5-16,20-21,27,30,33H,17-19H2,1-4H3/t20-,21-,27-/m1/s1. The van der Waals surface area contributed by atoms with Gasteiger partial charge in [0.05, 0.1) is 47.3 Å². The number of rotatable bonds is 10. The molecule has 1 amide bonds. The normalized spacial score (nSPS) is 18.4. The summed E-state index contributed by atoms with van der Waals surface area (Å²) in [6, 6.07) is 17.7. The third-order valence-electron chi connectivity index (χ3n) is 7.19. The number of para-hydroxylation sites is 1. The minimum Gasteiger partial charge on any atom is -0.497 e. The van der Waals surface area contributed by atoms with Gasteiger partial charge in [-0.2, -0.15) is 4.31 Å². The summed E-state index contributed by atoms with van der Waals surface area (Å²) in [5.74, 6) is -0.405. The molecule has 3 atom stereocenters. The molecule has 13 heteroatoms. The summed E-state index contributed by atoms with van der Waals surface area (Å²) < 4.78 is 68.5. The molecule has 1 heterocycles. The second-order valence-electron chi connectivity index (χ2n) is 10.2. The van der Waals surface area contributed by atoms with Gasteiger partial charge < -0.3 is 19.5 Å². The van der Waals surface area contributed by atoms with Crippen LogP contribution in [0.5, 0.6) is 11.5 Å². The van der Waals surface area contributed by atoms with E-state index in [-0.39, 0.29) is 46.5 Å². The van der Waals surface area contributed by atoms with E-state index >= 15 is 0 Å². The van der Waals surface area contributed by atoms with Crippen molar-refractivity contribution >= 4 is 31.6 Å². The Labute approximate surface area is 246 Å². The molecule has 4 rings (SSSR count). The Balaban J connectivity index is 1.75. The van der Waals surface area contributed by atoms with E-state index in [2.05, 4.69) is 4.72 Å². The maximum absolute atomic E-state index is 13.7. The van der Waals surface area contributed by atoms with Crippen LogP contribution in [0.4, 0.5) is 5.69 Å². The highest BCUT2D eigenvalue weighted by atomic mass is 32.2. The quantitative estimate of drug-likeness (QED) is 0.354. The van der Waals surface area contributed by atoms with Crippen molar-refractivity contribution in [2.45, 2.75) is 35.8 Å². The molecule has 1 aliphatic heterocycles. The first kappa shape index (κ1) is 31.3. The number of nitrogens with zero attached hydrogens (tertiary/aromatic N) is 2. The number of sulfonamides is 2. The summed E-state index contributed by atoms with van der Waals surface area (Å²) in [6.45, 7) is 3.29. The number of amides is 1. The number of aliphatic hydroxyl groups excluding tert-OH is 1. The fourth-order valence-corrected chi connectivity index (χ4v) is 6.89. The fraction of sp³-hybridized carbons (Fsp3) is 0.345. The minimum absolute atomic E-state index is 0.0148. The molecule has 42 heavy (non-hydrogen) atoms. The van der Waals surface area contributed by atoms with Crippen molar-refractivity contribution in [1.29, 1.82) is 0 Å². The van der Waals surface area contributed by atoms with Crippen molar-refractivity contribution in [2.24, 2.45) is 5.92 Å². The lowest BCUT2D eigenvalue weighted by Crippen LogP contribution is -2.50. The van der Waals surface area contributed by atoms with Gasteiger partial charge in [-0.1, -0.05) is 31.2 Å². The zero-order valence-electron chi connectivity index (χ0n) is 23.8. The number of hydrogen-bond donors (Lipinski definition) is 2. The zero-order chi connectivity index (χ0) is 30.7. The molecule has 11 nitrogen and oxygen atoms in total. The van der Waals surface area contributed by atoms with Crippen LogP contribution in [-0.4, -0.2) is 83.1 Å². The number of aliphatic hydroxyl groups is 1. The second-order valence-corrected chi connectivity index (χ2v) is 13.9. The molecule has 0 spiro atoms. The van der Waals surface area contributed by atoms with Crippen LogP contribution in [0, 0.1) is 5.92 Å². The van der Waals surface area contributed by atoms with Crippen LogP contribution in [0.25, 0.3) is 0 Å². The summed E-state index contributed by atoms with van der Waals surface area (Å²) in [5.41, 5.74) is 0.0941. The highest BCUT2D eigenvalue weighted by Gasteiger charge is 2.36. The number of methoxy groups -OCH3 is 1. The summed E-state index contributed by atoms with van der Waals surface area (Å²) >= 11 is 0. The van der Waals surface area contributed by atoms with Crippen molar-refractivity contribution in [3.63, 3.8) is 0 Å². The Morgan fingerprint density at radius 1 is 1.02 bits per heavy atom. The van der Waals surface area contributed by atoms with Crippen LogP contribution < -0.4 is 14.2 Å². The van der Waals surface area contributed by atoms with Crippen molar-refractivity contribution in [3.05, 3.63) is 78.4 Å². The van der Waals surface area contributed by atoms with E-state index in [1.54, 1.807) is 25.1 Å². The minimum atomic E-state index is -4.11. The molecule has 0 fully saturated rings. The Hall–Kier alpha value is -3.65. The first-order valence-electron chi connectivity index (χ1n) is 13.3. The summed E-state index contributed by atoms with van der Waals surface area (Å²) in [6.07, 6.45) is -0.791. The molecule has 0 unspecified atom stereocenters. The number of fused-ring (bicyclic) bond motifs is 1. The highest BCUT2D eigenvalue weighted by Crippen LogP contribution is 2.36. The number of carbonyl (C=O) groups is 1. The van der Waals surface area contributed by atoms with Gasteiger partial charge in [-0.3, -0.25) is 9.52 Å².